The van der Waals surface area contributed by atoms with Crippen LogP contribution in [0.25, 0.3) is 32.9 Å². The van der Waals surface area contributed by atoms with Gasteiger partial charge in [-0.25, -0.2) is 24.7 Å². The van der Waals surface area contributed by atoms with Crippen LogP contribution in [0, 0.1) is 0 Å². The van der Waals surface area contributed by atoms with Crippen LogP contribution in [-0.4, -0.2) is 59.5 Å². The number of nitrogens with one attached hydrogen (secondary N) is 2. The van der Waals surface area contributed by atoms with Crippen molar-refractivity contribution < 1.29 is 14.3 Å². The summed E-state index contributed by atoms with van der Waals surface area (Å²) in [6.45, 7) is 6.17. The van der Waals surface area contributed by atoms with Crippen molar-refractivity contribution in [3.63, 3.8) is 0 Å². The van der Waals surface area contributed by atoms with E-state index in [0.29, 0.717) is 36.0 Å². The maximum Gasteiger partial charge on any atom is 0.413 e. The molecular formula is C29H30N8O3S. The van der Waals surface area contributed by atoms with Gasteiger partial charge in [0.1, 0.15) is 22.7 Å². The number of hydrogen-bond donors (Lipinski definition) is 2. The minimum absolute atomic E-state index is 0.373. The zero-order valence-electron chi connectivity index (χ0n) is 23.0. The lowest BCUT2D eigenvalue weighted by Gasteiger charge is -2.36. The fraction of sp³-hybridized carbons (Fsp3) is 0.310. The topological polar surface area (TPSA) is 131 Å². The summed E-state index contributed by atoms with van der Waals surface area (Å²) in [5.41, 5.74) is 2.70. The Morgan fingerprint density at radius 1 is 1.12 bits per heavy atom. The van der Waals surface area contributed by atoms with Crippen LogP contribution >= 0.6 is 11.3 Å². The van der Waals surface area contributed by atoms with Crippen LogP contribution in [0.3, 0.4) is 0 Å². The molecule has 1 aliphatic rings. The second-order valence-electron chi connectivity index (χ2n) is 10.7. The first-order chi connectivity index (χ1) is 19.8. The summed E-state index contributed by atoms with van der Waals surface area (Å²) in [6.07, 6.45) is 6.74. The molecule has 4 heterocycles. The van der Waals surface area contributed by atoms with E-state index in [0.717, 1.165) is 40.0 Å². The summed E-state index contributed by atoms with van der Waals surface area (Å²) >= 11 is 1.52. The van der Waals surface area contributed by atoms with Crippen molar-refractivity contribution in [1.29, 1.82) is 0 Å². The van der Waals surface area contributed by atoms with Gasteiger partial charge in [-0.05, 0) is 63.9 Å². The summed E-state index contributed by atoms with van der Waals surface area (Å²) in [5, 5.41) is 13.6. The number of fused-ring (bicyclic) bond motifs is 1. The average molecular weight is 571 g/mol. The van der Waals surface area contributed by atoms with Gasteiger partial charge < -0.3 is 14.8 Å². The summed E-state index contributed by atoms with van der Waals surface area (Å²) in [5.74, 6) is 1.75. The Balaban J connectivity index is 1.29. The van der Waals surface area contributed by atoms with E-state index >= 15 is 0 Å². The smallest absolute Gasteiger partial charge is 0.413 e. The van der Waals surface area contributed by atoms with Crippen molar-refractivity contribution in [3.05, 3.63) is 60.5 Å². The number of carbonyl (C=O) groups is 1. The number of rotatable bonds is 6. The van der Waals surface area contributed by atoms with Gasteiger partial charge in [-0.1, -0.05) is 0 Å². The van der Waals surface area contributed by atoms with Crippen molar-refractivity contribution in [1.82, 2.24) is 35.0 Å². The molecule has 1 amide bonds. The number of hydrogen-bond acceptors (Lipinski definition) is 10. The molecule has 3 aromatic heterocycles. The van der Waals surface area contributed by atoms with Crippen LogP contribution in [0.1, 0.15) is 40.0 Å². The predicted molar refractivity (Wildman–Crippen MR) is 157 cm³/mol. The zero-order chi connectivity index (χ0) is 28.4. The molecule has 6 rings (SSSR count). The first kappa shape index (κ1) is 26.6. The number of ether oxygens (including phenoxy) is 2. The molecule has 210 valence electrons. The third kappa shape index (κ3) is 6.12. The Kier molecular flexibility index (Phi) is 7.23. The minimum atomic E-state index is -0.593. The highest BCUT2D eigenvalue weighted by atomic mass is 32.1. The van der Waals surface area contributed by atoms with Crippen molar-refractivity contribution in [3.8, 4) is 27.7 Å². The van der Waals surface area contributed by atoms with Gasteiger partial charge in [0.15, 0.2) is 12.1 Å². The highest BCUT2D eigenvalue weighted by Crippen LogP contribution is 2.37. The molecule has 2 aromatic carbocycles. The molecule has 0 radical (unpaired) electrons. The Morgan fingerprint density at radius 2 is 1.98 bits per heavy atom. The SMILES string of the molecule is CC(C)(C)OC(=O)N1CCCCC1Oc1cc2nc(Nc3ccc(-c4ncn[nH]4)cc3)ncc2cc1-c1nccs1. The van der Waals surface area contributed by atoms with Crippen LogP contribution < -0.4 is 10.1 Å². The van der Waals surface area contributed by atoms with Crippen LogP contribution in [0.5, 0.6) is 5.75 Å². The lowest BCUT2D eigenvalue weighted by atomic mass is 10.1. The molecule has 0 spiro atoms. The number of anilines is 2. The first-order valence-corrected chi connectivity index (χ1v) is 14.3. The van der Waals surface area contributed by atoms with Gasteiger partial charge in [0.05, 0.1) is 11.1 Å². The summed E-state index contributed by atoms with van der Waals surface area (Å²) in [6, 6.07) is 11.6. The molecule has 0 aliphatic carbocycles. The van der Waals surface area contributed by atoms with Gasteiger partial charge >= 0.3 is 6.09 Å². The van der Waals surface area contributed by atoms with E-state index in [2.05, 4.69) is 30.5 Å². The standard InChI is InChI=1S/C29H30N8O3S/c1-29(2,3)40-28(38)37-12-5-4-6-24(37)39-23-15-22-19(14-21(23)26-30-11-13-41-26)16-31-27(35-22)34-20-9-7-18(8-10-20)25-32-17-33-36-25/h7-11,13-17,24H,4-6,12H2,1-3H3,(H,31,34,35)(H,32,33,36). The van der Waals surface area contributed by atoms with E-state index in [1.54, 1.807) is 17.3 Å². The van der Waals surface area contributed by atoms with Crippen LogP contribution in [-0.2, 0) is 4.74 Å². The number of benzene rings is 2. The second-order valence-corrected chi connectivity index (χ2v) is 11.6. The van der Waals surface area contributed by atoms with Gasteiger partial charge in [-0.3, -0.25) is 10.00 Å². The van der Waals surface area contributed by atoms with Crippen molar-refractivity contribution in [2.45, 2.75) is 51.9 Å². The maximum atomic E-state index is 13.0. The van der Waals surface area contributed by atoms with Gasteiger partial charge in [-0.2, -0.15) is 5.10 Å². The second kappa shape index (κ2) is 11.1. The number of aromatic amines is 1. The number of amides is 1. The van der Waals surface area contributed by atoms with Crippen LogP contribution in [0.4, 0.5) is 16.4 Å². The van der Waals surface area contributed by atoms with Crippen LogP contribution in [0.15, 0.2) is 60.5 Å². The maximum absolute atomic E-state index is 13.0. The van der Waals surface area contributed by atoms with E-state index in [4.69, 9.17) is 14.5 Å². The zero-order valence-corrected chi connectivity index (χ0v) is 23.8. The molecule has 1 unspecified atom stereocenters. The van der Waals surface area contributed by atoms with E-state index in [1.807, 2.05) is 62.5 Å². The van der Waals surface area contributed by atoms with E-state index < -0.39 is 11.8 Å². The fourth-order valence-electron chi connectivity index (χ4n) is 4.63. The number of thiazole rings is 1. The van der Waals surface area contributed by atoms with Crippen molar-refractivity contribution in [2.75, 3.05) is 11.9 Å². The number of H-pyrrole nitrogens is 1. The number of likely N-dealkylation sites (tertiary alicyclic amines) is 1. The van der Waals surface area contributed by atoms with Crippen molar-refractivity contribution >= 4 is 40.0 Å². The largest absolute Gasteiger partial charge is 0.470 e. The lowest BCUT2D eigenvalue weighted by Crippen LogP contribution is -2.48. The fourth-order valence-corrected chi connectivity index (χ4v) is 5.28. The Morgan fingerprint density at radius 3 is 2.71 bits per heavy atom. The molecule has 41 heavy (non-hydrogen) atoms. The van der Waals surface area contributed by atoms with Gasteiger partial charge in [0.2, 0.25) is 5.95 Å². The normalized spacial score (nSPS) is 15.6. The van der Waals surface area contributed by atoms with Gasteiger partial charge in [0, 0.05) is 53.4 Å². The molecule has 11 nitrogen and oxygen atoms in total. The third-order valence-electron chi connectivity index (χ3n) is 6.51. The first-order valence-electron chi connectivity index (χ1n) is 13.4. The molecule has 12 heteroatoms. The van der Waals surface area contributed by atoms with Crippen LogP contribution in [0.2, 0.25) is 0 Å². The highest BCUT2D eigenvalue weighted by Gasteiger charge is 2.32. The molecule has 0 bridgehead atoms. The predicted octanol–water partition coefficient (Wildman–Crippen LogP) is 6.41. The summed E-state index contributed by atoms with van der Waals surface area (Å²) in [7, 11) is 0. The van der Waals surface area contributed by atoms with E-state index in [9.17, 15) is 4.79 Å². The minimum Gasteiger partial charge on any atom is -0.470 e. The molecule has 1 atom stereocenters. The monoisotopic (exact) mass is 570 g/mol. The Bertz CT molecular complexity index is 1630. The summed E-state index contributed by atoms with van der Waals surface area (Å²) in [4.78, 5) is 32.7. The molecule has 0 saturated carbocycles. The average Bonchev–Trinajstić information content (AvgIpc) is 3.68. The highest BCUT2D eigenvalue weighted by molar-refractivity contribution is 7.13. The Labute approximate surface area is 241 Å². The third-order valence-corrected chi connectivity index (χ3v) is 7.32. The van der Waals surface area contributed by atoms with Gasteiger partial charge in [-0.15, -0.1) is 11.3 Å². The number of nitrogens with zero attached hydrogens (tertiary/aromatic N) is 6. The molecule has 2 N–H and O–H groups in total. The quantitative estimate of drug-likeness (QED) is 0.238. The lowest BCUT2D eigenvalue weighted by molar-refractivity contribution is -0.0339. The number of aromatic nitrogens is 6. The van der Waals surface area contributed by atoms with E-state index in [1.165, 1.54) is 17.7 Å². The van der Waals surface area contributed by atoms with E-state index in [-0.39, 0.29) is 6.09 Å². The molecule has 1 fully saturated rings. The van der Waals surface area contributed by atoms with Gasteiger partial charge in [0.25, 0.3) is 0 Å². The summed E-state index contributed by atoms with van der Waals surface area (Å²) < 4.78 is 12.2. The Hall–Kier alpha value is -4.58. The van der Waals surface area contributed by atoms with Crippen molar-refractivity contribution in [2.24, 2.45) is 0 Å². The molecule has 1 aliphatic heterocycles. The molecule has 1 saturated heterocycles. The molecular weight excluding hydrogens is 540 g/mol. The number of carbonyl (C=O) groups excluding carboxylic acids is 1. The molecule has 5 aromatic rings. The number of piperidine rings is 1.